The monoisotopic (exact) mass is 387 g/mol. The summed E-state index contributed by atoms with van der Waals surface area (Å²) in [4.78, 5) is 40.2. The van der Waals surface area contributed by atoms with E-state index in [0.29, 0.717) is 25.1 Å². The molecular weight excluding hydrogens is 365 g/mol. The van der Waals surface area contributed by atoms with Gasteiger partial charge in [-0.15, -0.1) is 0 Å². The summed E-state index contributed by atoms with van der Waals surface area (Å²) in [6.07, 6.45) is 2.79. The maximum absolute atomic E-state index is 13.2. The number of anilines is 1. The van der Waals surface area contributed by atoms with E-state index in [1.54, 1.807) is 30.1 Å². The van der Waals surface area contributed by atoms with Gasteiger partial charge in [-0.2, -0.15) is 0 Å². The molecule has 1 aromatic heterocycles. The number of benzene rings is 1. The minimum Gasteiger partial charge on any atom is -0.459 e. The fourth-order valence-corrected chi connectivity index (χ4v) is 3.29. The molecule has 7 nitrogen and oxygen atoms in total. The Morgan fingerprint density at radius 1 is 1.29 bits per heavy atom. The van der Waals surface area contributed by atoms with Crippen LogP contribution >= 0.6 is 0 Å². The number of carbonyl (C=O) groups excluding carboxylic acids is 3. The predicted molar refractivity (Wildman–Crippen MR) is 100 cm³/mol. The Kier molecular flexibility index (Phi) is 6.08. The lowest BCUT2D eigenvalue weighted by Crippen LogP contribution is -2.47. The quantitative estimate of drug-likeness (QED) is 0.854. The van der Waals surface area contributed by atoms with E-state index in [2.05, 4.69) is 5.32 Å². The smallest absolute Gasteiger partial charge is 0.289 e. The molecule has 1 aliphatic heterocycles. The summed E-state index contributed by atoms with van der Waals surface area (Å²) in [6.45, 7) is 0.694. The molecule has 2 aromatic rings. The van der Waals surface area contributed by atoms with Crippen molar-refractivity contribution in [1.29, 1.82) is 0 Å². The molecular formula is C20H22FN3O4. The minimum absolute atomic E-state index is 0.155. The lowest BCUT2D eigenvalue weighted by molar-refractivity contribution is -0.138. The van der Waals surface area contributed by atoms with Crippen LogP contribution in [0, 0.1) is 11.7 Å². The summed E-state index contributed by atoms with van der Waals surface area (Å²) < 4.78 is 18.3. The molecule has 0 spiro atoms. The van der Waals surface area contributed by atoms with E-state index < -0.39 is 11.7 Å². The van der Waals surface area contributed by atoms with Crippen LogP contribution in [0.2, 0.25) is 0 Å². The van der Waals surface area contributed by atoms with E-state index in [0.717, 1.165) is 0 Å². The van der Waals surface area contributed by atoms with Crippen LogP contribution in [0.3, 0.4) is 0 Å². The number of rotatable bonds is 5. The van der Waals surface area contributed by atoms with Crippen LogP contribution in [-0.2, 0) is 9.59 Å². The van der Waals surface area contributed by atoms with Crippen LogP contribution in [0.1, 0.15) is 23.4 Å². The minimum atomic E-state index is -0.453. The highest BCUT2D eigenvalue weighted by atomic mass is 19.1. The molecule has 3 amide bonds. The topological polar surface area (TPSA) is 82.9 Å². The maximum atomic E-state index is 13.2. The second-order valence-electron chi connectivity index (χ2n) is 6.82. The van der Waals surface area contributed by atoms with Gasteiger partial charge in [-0.1, -0.05) is 6.07 Å². The number of carbonyl (C=O) groups is 3. The van der Waals surface area contributed by atoms with Crippen LogP contribution in [-0.4, -0.2) is 54.2 Å². The lowest BCUT2D eigenvalue weighted by atomic mass is 9.96. The number of furan rings is 1. The van der Waals surface area contributed by atoms with E-state index in [1.807, 2.05) is 0 Å². The van der Waals surface area contributed by atoms with Crippen LogP contribution in [0.25, 0.3) is 0 Å². The molecule has 0 bridgehead atoms. The van der Waals surface area contributed by atoms with Gasteiger partial charge in [-0.05, 0) is 43.2 Å². The molecule has 1 unspecified atom stereocenters. The predicted octanol–water partition coefficient (Wildman–Crippen LogP) is 2.37. The number of hydrogen-bond donors (Lipinski definition) is 1. The van der Waals surface area contributed by atoms with E-state index in [4.69, 9.17) is 4.42 Å². The fraction of sp³-hybridized carbons (Fsp3) is 0.350. The van der Waals surface area contributed by atoms with Gasteiger partial charge in [-0.25, -0.2) is 4.39 Å². The van der Waals surface area contributed by atoms with Gasteiger partial charge in [0.15, 0.2) is 5.76 Å². The first-order chi connectivity index (χ1) is 13.4. The first-order valence-corrected chi connectivity index (χ1v) is 9.07. The van der Waals surface area contributed by atoms with Crippen molar-refractivity contribution in [1.82, 2.24) is 9.80 Å². The van der Waals surface area contributed by atoms with Gasteiger partial charge in [0, 0.05) is 25.8 Å². The molecule has 1 N–H and O–H groups in total. The Balaban J connectivity index is 1.55. The highest BCUT2D eigenvalue weighted by Crippen LogP contribution is 2.20. The Labute approximate surface area is 162 Å². The fourth-order valence-electron chi connectivity index (χ4n) is 3.29. The average molecular weight is 387 g/mol. The van der Waals surface area contributed by atoms with Crippen LogP contribution in [0.15, 0.2) is 47.1 Å². The number of piperidine rings is 1. The molecule has 1 aliphatic rings. The molecule has 0 saturated carbocycles. The number of hydrogen-bond acceptors (Lipinski definition) is 4. The van der Waals surface area contributed by atoms with Crippen LogP contribution < -0.4 is 5.32 Å². The van der Waals surface area contributed by atoms with Crippen molar-refractivity contribution in [3.05, 3.63) is 54.2 Å². The number of nitrogens with zero attached hydrogens (tertiary/aromatic N) is 2. The molecule has 1 aromatic carbocycles. The Morgan fingerprint density at radius 2 is 2.11 bits per heavy atom. The molecule has 3 rings (SSSR count). The number of halogens is 1. The third kappa shape index (κ3) is 4.76. The molecule has 1 saturated heterocycles. The molecule has 1 atom stereocenters. The molecule has 148 valence electrons. The van der Waals surface area contributed by atoms with Gasteiger partial charge >= 0.3 is 0 Å². The van der Waals surface area contributed by atoms with E-state index in [-0.39, 0.29) is 36.6 Å². The Hall–Kier alpha value is -3.16. The summed E-state index contributed by atoms with van der Waals surface area (Å²) in [5, 5.41) is 2.57. The first kappa shape index (κ1) is 19.6. The van der Waals surface area contributed by atoms with Crippen molar-refractivity contribution < 1.29 is 23.2 Å². The van der Waals surface area contributed by atoms with E-state index >= 15 is 0 Å². The van der Waals surface area contributed by atoms with Crippen molar-refractivity contribution in [2.75, 3.05) is 32.0 Å². The van der Waals surface area contributed by atoms with Gasteiger partial charge in [0.2, 0.25) is 11.8 Å². The van der Waals surface area contributed by atoms with Crippen molar-refractivity contribution in [2.24, 2.45) is 5.92 Å². The summed E-state index contributed by atoms with van der Waals surface area (Å²) in [6, 6.07) is 8.79. The van der Waals surface area contributed by atoms with Gasteiger partial charge in [0.1, 0.15) is 5.82 Å². The first-order valence-electron chi connectivity index (χ1n) is 9.07. The zero-order chi connectivity index (χ0) is 20.1. The molecule has 8 heteroatoms. The van der Waals surface area contributed by atoms with Crippen LogP contribution in [0.4, 0.5) is 10.1 Å². The SMILES string of the molecule is CN(CC(=O)Nc1cccc(F)c1)C(=O)C1CCCN(C(=O)c2ccco2)C1. The number of amides is 3. The summed E-state index contributed by atoms with van der Waals surface area (Å²) >= 11 is 0. The van der Waals surface area contributed by atoms with Crippen molar-refractivity contribution in [3.8, 4) is 0 Å². The number of nitrogens with one attached hydrogen (secondary N) is 1. The zero-order valence-electron chi connectivity index (χ0n) is 15.6. The average Bonchev–Trinajstić information content (AvgIpc) is 3.21. The molecule has 1 fully saturated rings. The van der Waals surface area contributed by atoms with E-state index in [1.165, 1.54) is 29.4 Å². The molecule has 0 aliphatic carbocycles. The standard InChI is InChI=1S/C20H22FN3O4/c1-23(13-18(25)22-16-7-2-6-15(21)11-16)19(26)14-5-3-9-24(12-14)20(27)17-8-4-10-28-17/h2,4,6-8,10-11,14H,3,5,9,12-13H2,1H3,(H,22,25). The molecule has 2 heterocycles. The number of likely N-dealkylation sites (N-methyl/N-ethyl adjacent to an activating group) is 1. The van der Waals surface area contributed by atoms with Crippen molar-refractivity contribution >= 4 is 23.4 Å². The second-order valence-corrected chi connectivity index (χ2v) is 6.82. The largest absolute Gasteiger partial charge is 0.459 e. The van der Waals surface area contributed by atoms with Crippen molar-refractivity contribution in [3.63, 3.8) is 0 Å². The summed E-state index contributed by atoms with van der Waals surface area (Å²) in [5.41, 5.74) is 0.332. The number of likely N-dealkylation sites (tertiary alicyclic amines) is 1. The molecule has 0 radical (unpaired) electrons. The summed E-state index contributed by atoms with van der Waals surface area (Å²) in [7, 11) is 1.54. The Morgan fingerprint density at radius 3 is 2.82 bits per heavy atom. The van der Waals surface area contributed by atoms with Gasteiger partial charge in [-0.3, -0.25) is 14.4 Å². The van der Waals surface area contributed by atoms with Gasteiger partial charge < -0.3 is 19.5 Å². The van der Waals surface area contributed by atoms with Crippen LogP contribution in [0.5, 0.6) is 0 Å². The van der Waals surface area contributed by atoms with Gasteiger partial charge in [0.25, 0.3) is 5.91 Å². The van der Waals surface area contributed by atoms with Gasteiger partial charge in [0.05, 0.1) is 18.7 Å². The second kappa shape index (κ2) is 8.69. The highest BCUT2D eigenvalue weighted by molar-refractivity contribution is 5.95. The lowest BCUT2D eigenvalue weighted by Gasteiger charge is -2.33. The maximum Gasteiger partial charge on any atom is 0.289 e. The summed E-state index contributed by atoms with van der Waals surface area (Å²) in [5.74, 6) is -1.44. The van der Waals surface area contributed by atoms with Crippen molar-refractivity contribution in [2.45, 2.75) is 12.8 Å². The normalized spacial score (nSPS) is 16.5. The zero-order valence-corrected chi connectivity index (χ0v) is 15.6. The van der Waals surface area contributed by atoms with E-state index in [9.17, 15) is 18.8 Å². The Bertz CT molecular complexity index is 853. The third-order valence-corrected chi connectivity index (χ3v) is 4.66. The highest BCUT2D eigenvalue weighted by Gasteiger charge is 2.31. The third-order valence-electron chi connectivity index (χ3n) is 4.66. The molecule has 28 heavy (non-hydrogen) atoms.